The van der Waals surface area contributed by atoms with Gasteiger partial charge in [0.05, 0.1) is 17.7 Å². The molecule has 2 amide bonds. The van der Waals surface area contributed by atoms with Crippen LogP contribution in [0.3, 0.4) is 0 Å². The maximum atomic E-state index is 12.8. The van der Waals surface area contributed by atoms with E-state index in [0.29, 0.717) is 33.7 Å². The standard InChI is InChI=1S/C24H18ClNO4S/c1-29-21-13-17(9-12-20(21)30-15-16-7-10-18(25)11-8-16)14-22-23(27)26(24(28)31-22)19-5-3-2-4-6-19/h2-14H,15H2,1H3/b22-14+. The molecule has 1 heterocycles. The zero-order chi connectivity index (χ0) is 21.8. The minimum atomic E-state index is -0.344. The predicted octanol–water partition coefficient (Wildman–Crippen LogP) is 6.17. The van der Waals surface area contributed by atoms with Crippen LogP contribution in [0.1, 0.15) is 11.1 Å². The summed E-state index contributed by atoms with van der Waals surface area (Å²) in [6.07, 6.45) is 1.68. The molecule has 7 heteroatoms. The number of para-hydroxylation sites is 1. The SMILES string of the molecule is COc1cc(/C=C2/SC(=O)N(c3ccccc3)C2=O)ccc1OCc1ccc(Cl)cc1. The van der Waals surface area contributed by atoms with Crippen LogP contribution in [0.2, 0.25) is 5.02 Å². The van der Waals surface area contributed by atoms with Crippen LogP contribution in [-0.2, 0) is 11.4 Å². The second kappa shape index (κ2) is 9.29. The van der Waals surface area contributed by atoms with Crippen LogP contribution in [0.5, 0.6) is 11.5 Å². The number of hydrogen-bond donors (Lipinski definition) is 0. The third-order valence-corrected chi connectivity index (χ3v) is 5.72. The summed E-state index contributed by atoms with van der Waals surface area (Å²) < 4.78 is 11.3. The molecule has 0 saturated carbocycles. The molecule has 0 spiro atoms. The van der Waals surface area contributed by atoms with E-state index in [0.717, 1.165) is 22.9 Å². The molecule has 1 aliphatic heterocycles. The van der Waals surface area contributed by atoms with Gasteiger partial charge in [0.25, 0.3) is 11.1 Å². The number of nitrogens with zero attached hydrogens (tertiary/aromatic N) is 1. The number of carbonyl (C=O) groups excluding carboxylic acids is 2. The first-order chi connectivity index (χ1) is 15.0. The lowest BCUT2D eigenvalue weighted by Crippen LogP contribution is -2.27. The summed E-state index contributed by atoms with van der Waals surface area (Å²) in [5.41, 5.74) is 2.26. The van der Waals surface area contributed by atoms with Gasteiger partial charge in [0.2, 0.25) is 0 Å². The Labute approximate surface area is 189 Å². The summed E-state index contributed by atoms with van der Waals surface area (Å²) >= 11 is 6.82. The summed E-state index contributed by atoms with van der Waals surface area (Å²) in [5, 5.41) is 0.347. The Morgan fingerprint density at radius 1 is 0.968 bits per heavy atom. The van der Waals surface area contributed by atoms with Crippen LogP contribution in [-0.4, -0.2) is 18.3 Å². The molecule has 0 aromatic heterocycles. The highest BCUT2D eigenvalue weighted by Gasteiger charge is 2.36. The number of ether oxygens (including phenoxy) is 2. The van der Waals surface area contributed by atoms with E-state index in [1.807, 2.05) is 36.4 Å². The molecule has 3 aromatic carbocycles. The zero-order valence-electron chi connectivity index (χ0n) is 16.6. The molecule has 0 unspecified atom stereocenters. The Morgan fingerprint density at radius 2 is 1.71 bits per heavy atom. The first-order valence-corrected chi connectivity index (χ1v) is 10.6. The smallest absolute Gasteiger partial charge is 0.298 e. The molecule has 1 aliphatic rings. The minimum Gasteiger partial charge on any atom is -0.493 e. The van der Waals surface area contributed by atoms with Crippen molar-refractivity contribution in [1.82, 2.24) is 0 Å². The monoisotopic (exact) mass is 451 g/mol. The van der Waals surface area contributed by atoms with Crippen molar-refractivity contribution in [3.8, 4) is 11.5 Å². The molecule has 1 saturated heterocycles. The number of methoxy groups -OCH3 is 1. The number of halogens is 1. The number of benzene rings is 3. The Bertz CT molecular complexity index is 1150. The van der Waals surface area contributed by atoms with Crippen molar-refractivity contribution in [2.24, 2.45) is 0 Å². The average molecular weight is 452 g/mol. The lowest BCUT2D eigenvalue weighted by Gasteiger charge is -2.12. The Balaban J connectivity index is 1.52. The molecule has 4 rings (SSSR count). The van der Waals surface area contributed by atoms with E-state index in [1.165, 1.54) is 4.90 Å². The van der Waals surface area contributed by atoms with Gasteiger partial charge in [-0.15, -0.1) is 0 Å². The molecule has 0 bridgehead atoms. The first-order valence-electron chi connectivity index (χ1n) is 9.43. The van der Waals surface area contributed by atoms with Crippen LogP contribution < -0.4 is 14.4 Å². The van der Waals surface area contributed by atoms with Gasteiger partial charge >= 0.3 is 0 Å². The molecular weight excluding hydrogens is 434 g/mol. The number of carbonyl (C=O) groups is 2. The fraction of sp³-hybridized carbons (Fsp3) is 0.0833. The molecule has 5 nitrogen and oxygen atoms in total. The van der Waals surface area contributed by atoms with Gasteiger partial charge in [-0.2, -0.15) is 0 Å². The predicted molar refractivity (Wildman–Crippen MR) is 124 cm³/mol. The van der Waals surface area contributed by atoms with E-state index < -0.39 is 0 Å². The number of imide groups is 1. The molecule has 0 radical (unpaired) electrons. The van der Waals surface area contributed by atoms with E-state index in [4.69, 9.17) is 21.1 Å². The van der Waals surface area contributed by atoms with Gasteiger partial charge < -0.3 is 9.47 Å². The van der Waals surface area contributed by atoms with Crippen molar-refractivity contribution in [1.29, 1.82) is 0 Å². The fourth-order valence-corrected chi connectivity index (χ4v) is 4.02. The van der Waals surface area contributed by atoms with Crippen molar-refractivity contribution < 1.29 is 19.1 Å². The van der Waals surface area contributed by atoms with Crippen molar-refractivity contribution in [3.05, 3.63) is 93.9 Å². The van der Waals surface area contributed by atoms with Crippen LogP contribution in [0.4, 0.5) is 10.5 Å². The number of amides is 2. The zero-order valence-corrected chi connectivity index (χ0v) is 18.2. The fourth-order valence-electron chi connectivity index (χ4n) is 3.05. The number of rotatable bonds is 6. The second-order valence-corrected chi connectivity index (χ2v) is 8.11. The molecular formula is C24H18ClNO4S. The Hall–Kier alpha value is -3.22. The highest BCUT2D eigenvalue weighted by Crippen LogP contribution is 2.37. The maximum Gasteiger partial charge on any atom is 0.298 e. The molecule has 0 aliphatic carbocycles. The number of hydrogen-bond acceptors (Lipinski definition) is 5. The summed E-state index contributed by atoms with van der Waals surface area (Å²) in [4.78, 5) is 26.7. The summed E-state index contributed by atoms with van der Waals surface area (Å²) in [5.74, 6) is 0.764. The molecule has 0 atom stereocenters. The largest absolute Gasteiger partial charge is 0.493 e. The van der Waals surface area contributed by atoms with Crippen LogP contribution in [0, 0.1) is 0 Å². The molecule has 156 valence electrons. The van der Waals surface area contributed by atoms with Crippen molar-refractivity contribution in [2.75, 3.05) is 12.0 Å². The van der Waals surface area contributed by atoms with Crippen molar-refractivity contribution in [3.63, 3.8) is 0 Å². The number of anilines is 1. The maximum absolute atomic E-state index is 12.8. The number of thioether (sulfide) groups is 1. The van der Waals surface area contributed by atoms with Gasteiger partial charge in [-0.3, -0.25) is 9.59 Å². The lowest BCUT2D eigenvalue weighted by molar-refractivity contribution is -0.113. The van der Waals surface area contributed by atoms with E-state index in [9.17, 15) is 9.59 Å². The van der Waals surface area contributed by atoms with E-state index in [2.05, 4.69) is 0 Å². The first kappa shape index (κ1) is 21.0. The molecule has 1 fully saturated rings. The average Bonchev–Trinajstić information content (AvgIpc) is 3.07. The summed E-state index contributed by atoms with van der Waals surface area (Å²) in [7, 11) is 1.55. The molecule has 0 N–H and O–H groups in total. The summed E-state index contributed by atoms with van der Waals surface area (Å²) in [6.45, 7) is 0.364. The quantitative estimate of drug-likeness (QED) is 0.419. The summed E-state index contributed by atoms with van der Waals surface area (Å²) in [6, 6.07) is 21.6. The minimum absolute atomic E-state index is 0.322. The normalized spacial score (nSPS) is 14.9. The van der Waals surface area contributed by atoms with Gasteiger partial charge in [-0.1, -0.05) is 48.0 Å². The van der Waals surface area contributed by atoms with Crippen LogP contribution >= 0.6 is 23.4 Å². The van der Waals surface area contributed by atoms with Crippen molar-refractivity contribution in [2.45, 2.75) is 6.61 Å². The molecule has 3 aromatic rings. The van der Waals surface area contributed by atoms with Gasteiger partial charge in [-0.25, -0.2) is 4.90 Å². The van der Waals surface area contributed by atoms with Crippen molar-refractivity contribution >= 4 is 46.3 Å². The van der Waals surface area contributed by atoms with Gasteiger partial charge in [0, 0.05) is 5.02 Å². The highest BCUT2D eigenvalue weighted by atomic mass is 35.5. The van der Waals surface area contributed by atoms with E-state index in [-0.39, 0.29) is 11.1 Å². The van der Waals surface area contributed by atoms with Gasteiger partial charge in [-0.05, 0) is 65.4 Å². The third kappa shape index (κ3) is 4.76. The van der Waals surface area contributed by atoms with Gasteiger partial charge in [0.15, 0.2) is 11.5 Å². The Morgan fingerprint density at radius 3 is 2.42 bits per heavy atom. The second-order valence-electron chi connectivity index (χ2n) is 6.68. The van der Waals surface area contributed by atoms with Gasteiger partial charge in [0.1, 0.15) is 6.61 Å². The van der Waals surface area contributed by atoms with Crippen LogP contribution in [0.15, 0.2) is 77.7 Å². The van der Waals surface area contributed by atoms with E-state index >= 15 is 0 Å². The van der Waals surface area contributed by atoms with E-state index in [1.54, 1.807) is 49.6 Å². The third-order valence-electron chi connectivity index (χ3n) is 4.60. The highest BCUT2D eigenvalue weighted by molar-refractivity contribution is 8.19. The Kier molecular flexibility index (Phi) is 6.30. The van der Waals surface area contributed by atoms with Crippen LogP contribution in [0.25, 0.3) is 6.08 Å². The lowest BCUT2D eigenvalue weighted by atomic mass is 10.1. The topological polar surface area (TPSA) is 55.8 Å². The molecule has 31 heavy (non-hydrogen) atoms.